The molecule has 2 rings (SSSR count). The maximum atomic E-state index is 6.49. The van der Waals surface area contributed by atoms with Crippen molar-refractivity contribution in [1.82, 2.24) is 5.32 Å². The van der Waals surface area contributed by atoms with Crippen LogP contribution in [0.1, 0.15) is 39.7 Å². The number of rotatable bonds is 4. The summed E-state index contributed by atoms with van der Waals surface area (Å²) < 4.78 is 5.65. The zero-order chi connectivity index (χ0) is 15.6. The molecule has 21 heavy (non-hydrogen) atoms. The van der Waals surface area contributed by atoms with Crippen LogP contribution in [0.15, 0.2) is 18.2 Å². The number of anilines is 1. The van der Waals surface area contributed by atoms with Crippen molar-refractivity contribution in [3.8, 4) is 0 Å². The molecule has 0 radical (unpaired) electrons. The van der Waals surface area contributed by atoms with E-state index in [-0.39, 0.29) is 11.6 Å². The Morgan fingerprint density at radius 3 is 2.62 bits per heavy atom. The van der Waals surface area contributed by atoms with Crippen LogP contribution in [0.5, 0.6) is 0 Å². The highest BCUT2D eigenvalue weighted by molar-refractivity contribution is 6.33. The minimum Gasteiger partial charge on any atom is -0.376 e. The highest BCUT2D eigenvalue weighted by atomic mass is 35.5. The number of likely N-dealkylation sites (N-methyl/N-ethyl adjacent to an activating group) is 1. The molecule has 0 bridgehead atoms. The van der Waals surface area contributed by atoms with Gasteiger partial charge >= 0.3 is 0 Å². The van der Waals surface area contributed by atoms with Gasteiger partial charge in [0.2, 0.25) is 0 Å². The van der Waals surface area contributed by atoms with Crippen molar-refractivity contribution in [1.29, 1.82) is 0 Å². The van der Waals surface area contributed by atoms with Crippen molar-refractivity contribution < 1.29 is 4.74 Å². The molecule has 4 heteroatoms. The molecule has 1 aliphatic heterocycles. The number of halogens is 1. The second kappa shape index (κ2) is 6.55. The van der Waals surface area contributed by atoms with Crippen molar-refractivity contribution in [2.45, 2.75) is 58.3 Å². The van der Waals surface area contributed by atoms with Crippen molar-refractivity contribution >= 4 is 17.3 Å². The van der Waals surface area contributed by atoms with E-state index in [1.54, 1.807) is 0 Å². The average molecular weight is 311 g/mol. The predicted molar refractivity (Wildman–Crippen MR) is 90.3 cm³/mol. The van der Waals surface area contributed by atoms with E-state index in [0.29, 0.717) is 6.04 Å². The summed E-state index contributed by atoms with van der Waals surface area (Å²) in [5.41, 5.74) is 2.40. The van der Waals surface area contributed by atoms with Crippen molar-refractivity contribution in [2.75, 3.05) is 18.6 Å². The smallest absolute Gasteiger partial charge is 0.0750 e. The Kier molecular flexibility index (Phi) is 5.18. The van der Waals surface area contributed by atoms with Gasteiger partial charge in [-0.1, -0.05) is 17.7 Å². The van der Waals surface area contributed by atoms with Gasteiger partial charge in [0.25, 0.3) is 0 Å². The SMILES string of the molecule is CC1OCCC1N(C)c1ccc(CNC(C)(C)C)cc1Cl. The zero-order valence-corrected chi connectivity index (χ0v) is 14.5. The Hall–Kier alpha value is -0.770. The van der Waals surface area contributed by atoms with Gasteiger partial charge in [-0.15, -0.1) is 0 Å². The summed E-state index contributed by atoms with van der Waals surface area (Å²) in [6.07, 6.45) is 1.31. The van der Waals surface area contributed by atoms with Crippen molar-refractivity contribution in [3.63, 3.8) is 0 Å². The van der Waals surface area contributed by atoms with Gasteiger partial charge in [-0.25, -0.2) is 0 Å². The van der Waals surface area contributed by atoms with Crippen LogP contribution in [0.25, 0.3) is 0 Å². The molecular formula is C17H27ClN2O. The van der Waals surface area contributed by atoms with Gasteiger partial charge in [-0.2, -0.15) is 0 Å². The van der Waals surface area contributed by atoms with Gasteiger partial charge in [0, 0.05) is 25.7 Å². The van der Waals surface area contributed by atoms with Crippen LogP contribution < -0.4 is 10.2 Å². The first-order valence-corrected chi connectivity index (χ1v) is 8.03. The second-order valence-electron chi connectivity index (χ2n) is 6.93. The first-order valence-electron chi connectivity index (χ1n) is 7.66. The molecule has 2 unspecified atom stereocenters. The summed E-state index contributed by atoms with van der Waals surface area (Å²) in [6.45, 7) is 10.3. The third-order valence-corrected chi connectivity index (χ3v) is 4.35. The van der Waals surface area contributed by atoms with Crippen LogP contribution in [0.4, 0.5) is 5.69 Å². The van der Waals surface area contributed by atoms with E-state index in [9.17, 15) is 0 Å². The summed E-state index contributed by atoms with van der Waals surface area (Å²) >= 11 is 6.49. The van der Waals surface area contributed by atoms with Crippen LogP contribution >= 0.6 is 11.6 Å². The largest absolute Gasteiger partial charge is 0.376 e. The van der Waals surface area contributed by atoms with E-state index in [2.05, 4.69) is 63.2 Å². The second-order valence-corrected chi connectivity index (χ2v) is 7.34. The maximum absolute atomic E-state index is 6.49. The Morgan fingerprint density at radius 1 is 1.38 bits per heavy atom. The molecule has 1 aliphatic rings. The summed E-state index contributed by atoms with van der Waals surface area (Å²) in [5, 5.41) is 4.29. The van der Waals surface area contributed by atoms with Gasteiger partial charge in [0.15, 0.2) is 0 Å². The summed E-state index contributed by atoms with van der Waals surface area (Å²) in [7, 11) is 2.10. The molecule has 0 aliphatic carbocycles. The molecule has 0 amide bonds. The first kappa shape index (κ1) is 16.6. The number of nitrogens with zero attached hydrogens (tertiary/aromatic N) is 1. The van der Waals surface area contributed by atoms with Crippen LogP contribution in [0.2, 0.25) is 5.02 Å². The Morgan fingerprint density at radius 2 is 2.10 bits per heavy atom. The van der Waals surface area contributed by atoms with Gasteiger partial charge in [0.1, 0.15) is 0 Å². The van der Waals surface area contributed by atoms with Gasteiger partial charge < -0.3 is 15.0 Å². The molecule has 1 aromatic rings. The summed E-state index contributed by atoms with van der Waals surface area (Å²) in [5.74, 6) is 0. The maximum Gasteiger partial charge on any atom is 0.0750 e. The van der Waals surface area contributed by atoms with Gasteiger partial charge in [-0.3, -0.25) is 0 Å². The van der Waals surface area contributed by atoms with Crippen LogP contribution in [0.3, 0.4) is 0 Å². The standard InChI is InChI=1S/C17H27ClN2O/c1-12-15(8-9-21-12)20(5)16-7-6-13(10-14(16)18)11-19-17(2,3)4/h6-7,10,12,15,19H,8-9,11H2,1-5H3. The third-order valence-electron chi connectivity index (χ3n) is 4.05. The van der Waals surface area contributed by atoms with Gasteiger partial charge in [-0.05, 0) is 51.8 Å². The third kappa shape index (κ3) is 4.35. The van der Waals surface area contributed by atoms with Crippen molar-refractivity contribution in [2.24, 2.45) is 0 Å². The van der Waals surface area contributed by atoms with E-state index in [1.165, 1.54) is 5.56 Å². The molecule has 2 atom stereocenters. The summed E-state index contributed by atoms with van der Waals surface area (Å²) in [6, 6.07) is 6.73. The van der Waals surface area contributed by atoms with Crippen LogP contribution in [0, 0.1) is 0 Å². The highest BCUT2D eigenvalue weighted by Crippen LogP contribution is 2.31. The normalized spacial score (nSPS) is 22.6. The number of benzene rings is 1. The Bertz CT molecular complexity index is 484. The topological polar surface area (TPSA) is 24.5 Å². The Balaban J connectivity index is 2.08. The predicted octanol–water partition coefficient (Wildman–Crippen LogP) is 3.84. The average Bonchev–Trinajstić information content (AvgIpc) is 2.81. The lowest BCUT2D eigenvalue weighted by Crippen LogP contribution is -2.37. The van der Waals surface area contributed by atoms with E-state index in [4.69, 9.17) is 16.3 Å². The molecule has 3 nitrogen and oxygen atoms in total. The molecule has 1 fully saturated rings. The molecule has 1 heterocycles. The monoisotopic (exact) mass is 310 g/mol. The summed E-state index contributed by atoms with van der Waals surface area (Å²) in [4.78, 5) is 2.25. The van der Waals surface area contributed by atoms with E-state index in [0.717, 1.165) is 30.3 Å². The minimum atomic E-state index is 0.110. The lowest BCUT2D eigenvalue weighted by Gasteiger charge is -2.30. The van der Waals surface area contributed by atoms with Crippen LogP contribution in [-0.2, 0) is 11.3 Å². The van der Waals surface area contributed by atoms with Gasteiger partial charge in [0.05, 0.1) is 22.9 Å². The lowest BCUT2D eigenvalue weighted by atomic mass is 10.1. The fraction of sp³-hybridized carbons (Fsp3) is 0.647. The molecule has 0 spiro atoms. The lowest BCUT2D eigenvalue weighted by molar-refractivity contribution is 0.118. The number of hydrogen-bond donors (Lipinski definition) is 1. The highest BCUT2D eigenvalue weighted by Gasteiger charge is 2.28. The molecule has 1 N–H and O–H groups in total. The minimum absolute atomic E-state index is 0.110. The van der Waals surface area contributed by atoms with E-state index < -0.39 is 0 Å². The molecule has 0 aromatic heterocycles. The number of ether oxygens (including phenoxy) is 1. The molecule has 1 saturated heterocycles. The fourth-order valence-electron chi connectivity index (χ4n) is 2.72. The van der Waals surface area contributed by atoms with E-state index >= 15 is 0 Å². The molecule has 118 valence electrons. The fourth-order valence-corrected chi connectivity index (χ4v) is 3.06. The van der Waals surface area contributed by atoms with E-state index in [1.807, 2.05) is 0 Å². The number of hydrogen-bond acceptors (Lipinski definition) is 3. The molecule has 1 aromatic carbocycles. The quantitative estimate of drug-likeness (QED) is 0.914. The molecular weight excluding hydrogens is 284 g/mol. The number of nitrogens with one attached hydrogen (secondary N) is 1. The molecule has 0 saturated carbocycles. The zero-order valence-electron chi connectivity index (χ0n) is 13.7. The Labute approximate surface area is 133 Å². The van der Waals surface area contributed by atoms with Crippen LogP contribution in [-0.4, -0.2) is 31.3 Å². The van der Waals surface area contributed by atoms with Crippen molar-refractivity contribution in [3.05, 3.63) is 28.8 Å². The first-order chi connectivity index (χ1) is 9.78.